The summed E-state index contributed by atoms with van der Waals surface area (Å²) >= 11 is 0. The van der Waals surface area contributed by atoms with E-state index in [1.807, 2.05) is 12.1 Å². The lowest BCUT2D eigenvalue weighted by molar-refractivity contribution is 0.0939. The summed E-state index contributed by atoms with van der Waals surface area (Å²) in [6, 6.07) is 6.93. The summed E-state index contributed by atoms with van der Waals surface area (Å²) in [6.45, 7) is 6.56. The van der Waals surface area contributed by atoms with E-state index in [0.717, 1.165) is 62.3 Å². The van der Waals surface area contributed by atoms with Gasteiger partial charge in [0.1, 0.15) is 5.82 Å². The molecule has 4 nitrogen and oxygen atoms in total. The van der Waals surface area contributed by atoms with E-state index in [4.69, 9.17) is 4.74 Å². The lowest BCUT2D eigenvalue weighted by Crippen LogP contribution is -2.46. The summed E-state index contributed by atoms with van der Waals surface area (Å²) in [7, 11) is 1.73. The van der Waals surface area contributed by atoms with Gasteiger partial charge in [-0.15, -0.1) is 0 Å². The van der Waals surface area contributed by atoms with E-state index in [0.29, 0.717) is 0 Å². The van der Waals surface area contributed by atoms with Crippen molar-refractivity contribution in [3.63, 3.8) is 0 Å². The number of benzene rings is 1. The van der Waals surface area contributed by atoms with Crippen LogP contribution in [0.15, 0.2) is 30.5 Å². The second kappa shape index (κ2) is 7.13. The molecular weight excluding hydrogens is 281 g/mol. The molecule has 118 valence electrons. The molecule has 5 heteroatoms. The number of aromatic nitrogens is 1. The highest BCUT2D eigenvalue weighted by Gasteiger charge is 2.18. The van der Waals surface area contributed by atoms with E-state index in [9.17, 15) is 4.39 Å². The predicted molar refractivity (Wildman–Crippen MR) is 85.3 cm³/mol. The summed E-state index contributed by atoms with van der Waals surface area (Å²) in [4.78, 5) is 9.19. The van der Waals surface area contributed by atoms with Crippen LogP contribution in [0, 0.1) is 5.82 Å². The van der Waals surface area contributed by atoms with Crippen LogP contribution in [-0.4, -0.2) is 61.2 Å². The molecule has 0 saturated carbocycles. The van der Waals surface area contributed by atoms with Crippen molar-refractivity contribution in [2.45, 2.75) is 6.54 Å². The number of fused-ring (bicyclic) bond motifs is 1. The van der Waals surface area contributed by atoms with Crippen LogP contribution in [-0.2, 0) is 11.3 Å². The molecule has 22 heavy (non-hydrogen) atoms. The number of methoxy groups -OCH3 is 1. The Morgan fingerprint density at radius 1 is 1.18 bits per heavy atom. The average molecular weight is 303 g/mol. The highest BCUT2D eigenvalue weighted by molar-refractivity contribution is 5.81. The molecule has 1 aliphatic rings. The molecule has 1 aliphatic heterocycles. The summed E-state index contributed by atoms with van der Waals surface area (Å²) in [5.41, 5.74) is 1.88. The predicted octanol–water partition coefficient (Wildman–Crippen LogP) is 2.14. The van der Waals surface area contributed by atoms with Gasteiger partial charge in [0.2, 0.25) is 0 Å². The van der Waals surface area contributed by atoms with Crippen molar-refractivity contribution in [2.24, 2.45) is 0 Å². The molecule has 1 fully saturated rings. The van der Waals surface area contributed by atoms with Crippen LogP contribution in [0.2, 0.25) is 0 Å². The third-order valence-electron chi connectivity index (χ3n) is 4.22. The minimum atomic E-state index is -0.186. The molecule has 2 aromatic rings. The maximum absolute atomic E-state index is 13.8. The molecule has 1 saturated heterocycles. The summed E-state index contributed by atoms with van der Waals surface area (Å²) in [5.74, 6) is -0.186. The smallest absolute Gasteiger partial charge is 0.124 e. The molecular formula is C17H22FN3O. The molecule has 0 aliphatic carbocycles. The molecule has 0 amide bonds. The monoisotopic (exact) mass is 303 g/mol. The summed E-state index contributed by atoms with van der Waals surface area (Å²) in [6.07, 6.45) is 1.77. The second-order valence-electron chi connectivity index (χ2n) is 5.75. The van der Waals surface area contributed by atoms with Crippen molar-refractivity contribution in [1.82, 2.24) is 14.8 Å². The fourth-order valence-corrected chi connectivity index (χ4v) is 2.98. The molecule has 1 aromatic heterocycles. The third kappa shape index (κ3) is 3.61. The molecule has 3 rings (SSSR count). The fourth-order valence-electron chi connectivity index (χ4n) is 2.98. The molecule has 0 spiro atoms. The zero-order valence-corrected chi connectivity index (χ0v) is 13.0. The van der Waals surface area contributed by atoms with Crippen molar-refractivity contribution in [3.05, 3.63) is 41.8 Å². The topological polar surface area (TPSA) is 28.6 Å². The van der Waals surface area contributed by atoms with Gasteiger partial charge in [0.05, 0.1) is 12.1 Å². The Hall–Kier alpha value is -1.56. The molecule has 0 N–H and O–H groups in total. The Bertz CT molecular complexity index is 626. The lowest BCUT2D eigenvalue weighted by Gasteiger charge is -2.34. The first-order valence-electron chi connectivity index (χ1n) is 7.73. The number of hydrogen-bond acceptors (Lipinski definition) is 4. The van der Waals surface area contributed by atoms with E-state index in [-0.39, 0.29) is 5.82 Å². The van der Waals surface area contributed by atoms with Crippen LogP contribution in [0.25, 0.3) is 10.9 Å². The second-order valence-corrected chi connectivity index (χ2v) is 5.75. The highest BCUT2D eigenvalue weighted by atomic mass is 19.1. The number of hydrogen-bond donors (Lipinski definition) is 0. The lowest BCUT2D eigenvalue weighted by atomic mass is 10.1. The Kier molecular flexibility index (Phi) is 4.97. The Morgan fingerprint density at radius 3 is 2.73 bits per heavy atom. The highest BCUT2D eigenvalue weighted by Crippen LogP contribution is 2.20. The molecule has 2 heterocycles. The number of halogens is 1. The van der Waals surface area contributed by atoms with E-state index in [1.54, 1.807) is 25.4 Å². The number of pyridine rings is 1. The summed E-state index contributed by atoms with van der Waals surface area (Å²) in [5, 5.41) is 0.872. The van der Waals surface area contributed by atoms with E-state index in [2.05, 4.69) is 14.8 Å². The Morgan fingerprint density at radius 2 is 1.95 bits per heavy atom. The maximum atomic E-state index is 13.8. The quantitative estimate of drug-likeness (QED) is 0.846. The van der Waals surface area contributed by atoms with Gasteiger partial charge in [-0.25, -0.2) is 4.39 Å². The van der Waals surface area contributed by atoms with Gasteiger partial charge in [0.15, 0.2) is 0 Å². The van der Waals surface area contributed by atoms with Crippen LogP contribution in [0.4, 0.5) is 4.39 Å². The van der Waals surface area contributed by atoms with Crippen molar-refractivity contribution in [1.29, 1.82) is 0 Å². The van der Waals surface area contributed by atoms with Crippen molar-refractivity contribution in [2.75, 3.05) is 46.4 Å². The van der Waals surface area contributed by atoms with Gasteiger partial charge >= 0.3 is 0 Å². The average Bonchev–Trinajstić information content (AvgIpc) is 2.54. The van der Waals surface area contributed by atoms with Gasteiger partial charge in [0, 0.05) is 58.0 Å². The maximum Gasteiger partial charge on any atom is 0.124 e. The van der Waals surface area contributed by atoms with Crippen LogP contribution in [0.3, 0.4) is 0 Å². The van der Waals surface area contributed by atoms with Crippen molar-refractivity contribution >= 4 is 10.9 Å². The normalized spacial score (nSPS) is 17.2. The first kappa shape index (κ1) is 15.3. The largest absolute Gasteiger partial charge is 0.383 e. The van der Waals surface area contributed by atoms with E-state index >= 15 is 0 Å². The van der Waals surface area contributed by atoms with Gasteiger partial charge < -0.3 is 4.74 Å². The molecule has 0 radical (unpaired) electrons. The van der Waals surface area contributed by atoms with Gasteiger partial charge in [-0.2, -0.15) is 0 Å². The van der Waals surface area contributed by atoms with Gasteiger partial charge in [-0.1, -0.05) is 6.07 Å². The minimum Gasteiger partial charge on any atom is -0.383 e. The number of rotatable bonds is 5. The van der Waals surface area contributed by atoms with Crippen molar-refractivity contribution in [3.8, 4) is 0 Å². The Labute approximate surface area is 130 Å². The van der Waals surface area contributed by atoms with E-state index < -0.39 is 0 Å². The summed E-state index contributed by atoms with van der Waals surface area (Å²) < 4.78 is 18.9. The number of nitrogens with zero attached hydrogens (tertiary/aromatic N) is 3. The first-order chi connectivity index (χ1) is 10.8. The zero-order chi connectivity index (χ0) is 15.4. The van der Waals surface area contributed by atoms with Crippen molar-refractivity contribution < 1.29 is 9.13 Å². The molecule has 0 unspecified atom stereocenters. The number of piperazine rings is 1. The number of ether oxygens (including phenoxy) is 1. The fraction of sp³-hybridized carbons (Fsp3) is 0.471. The first-order valence-corrected chi connectivity index (χ1v) is 7.73. The third-order valence-corrected chi connectivity index (χ3v) is 4.22. The molecule has 0 atom stereocenters. The van der Waals surface area contributed by atoms with Crippen LogP contribution in [0.1, 0.15) is 5.56 Å². The standard InChI is InChI=1S/C17H22FN3O/c1-22-10-9-20-5-7-21(8-6-20)13-15-12-16(18)11-14-3-2-4-19-17(14)15/h2-4,11-12H,5-10,13H2,1H3. The van der Waals surface area contributed by atoms with Crippen LogP contribution < -0.4 is 0 Å². The van der Waals surface area contributed by atoms with Gasteiger partial charge in [-0.05, 0) is 23.8 Å². The SMILES string of the molecule is COCCN1CCN(Cc2cc(F)cc3cccnc23)CC1. The Balaban J connectivity index is 1.67. The van der Waals surface area contributed by atoms with Crippen LogP contribution in [0.5, 0.6) is 0 Å². The molecule has 0 bridgehead atoms. The van der Waals surface area contributed by atoms with E-state index in [1.165, 1.54) is 0 Å². The zero-order valence-electron chi connectivity index (χ0n) is 13.0. The van der Waals surface area contributed by atoms with Gasteiger partial charge in [0.25, 0.3) is 0 Å². The minimum absolute atomic E-state index is 0.186. The molecule has 1 aromatic carbocycles. The van der Waals surface area contributed by atoms with Gasteiger partial charge in [-0.3, -0.25) is 14.8 Å². The van der Waals surface area contributed by atoms with Crippen LogP contribution >= 0.6 is 0 Å².